The van der Waals surface area contributed by atoms with Crippen molar-refractivity contribution in [1.29, 1.82) is 0 Å². The molecule has 1 aliphatic carbocycles. The van der Waals surface area contributed by atoms with Crippen LogP contribution in [0.2, 0.25) is 0 Å². The van der Waals surface area contributed by atoms with Crippen LogP contribution in [0.1, 0.15) is 27.9 Å². The molecule has 4 rings (SSSR count). The number of hydrogen-bond acceptors (Lipinski definition) is 3. The van der Waals surface area contributed by atoms with Crippen molar-refractivity contribution in [2.45, 2.75) is 19.3 Å². The summed E-state index contributed by atoms with van der Waals surface area (Å²) in [4.78, 5) is 29.1. The molecule has 0 saturated heterocycles. The summed E-state index contributed by atoms with van der Waals surface area (Å²) in [6.07, 6.45) is 3.94. The molecule has 0 spiro atoms. The van der Waals surface area contributed by atoms with E-state index in [0.29, 0.717) is 17.7 Å². The van der Waals surface area contributed by atoms with Gasteiger partial charge in [-0.3, -0.25) is 4.79 Å². The number of H-pyrrole nitrogens is 2. The number of benzene rings is 1. The zero-order valence-electron chi connectivity index (χ0n) is 12.1. The third kappa shape index (κ3) is 1.88. The summed E-state index contributed by atoms with van der Waals surface area (Å²) in [7, 11) is 0. The Labute approximate surface area is 130 Å². The first kappa shape index (κ1) is 13.6. The lowest BCUT2D eigenvalue weighted by atomic mass is 9.97. The van der Waals surface area contributed by atoms with Crippen molar-refractivity contribution in [3.05, 3.63) is 51.4 Å². The van der Waals surface area contributed by atoms with Crippen LogP contribution in [0.3, 0.4) is 0 Å². The van der Waals surface area contributed by atoms with E-state index in [1.165, 1.54) is 0 Å². The normalized spacial score (nSPS) is 13.4. The number of carboxylic acid groups (broad SMARTS) is 1. The summed E-state index contributed by atoms with van der Waals surface area (Å²) in [5.74, 6) is -1.84. The van der Waals surface area contributed by atoms with Crippen LogP contribution in [-0.2, 0) is 12.8 Å². The van der Waals surface area contributed by atoms with Crippen molar-refractivity contribution in [3.63, 3.8) is 0 Å². The number of aromatic amines is 2. The van der Waals surface area contributed by atoms with Gasteiger partial charge in [0.1, 0.15) is 5.75 Å². The van der Waals surface area contributed by atoms with Gasteiger partial charge in [-0.05, 0) is 37.0 Å². The van der Waals surface area contributed by atoms with Crippen molar-refractivity contribution < 1.29 is 15.0 Å². The molecule has 0 aliphatic heterocycles. The molecule has 4 N–H and O–H groups in total. The van der Waals surface area contributed by atoms with Crippen LogP contribution in [0.5, 0.6) is 5.75 Å². The maximum atomic E-state index is 12.1. The first-order chi connectivity index (χ1) is 11.1. The van der Waals surface area contributed by atoms with E-state index in [1.807, 2.05) is 24.4 Å². The van der Waals surface area contributed by atoms with E-state index in [2.05, 4.69) is 9.97 Å². The van der Waals surface area contributed by atoms with Gasteiger partial charge in [-0.2, -0.15) is 0 Å². The summed E-state index contributed by atoms with van der Waals surface area (Å²) in [6.45, 7) is 0. The lowest BCUT2D eigenvalue weighted by Gasteiger charge is -2.12. The molecule has 0 amide bonds. The van der Waals surface area contributed by atoms with Gasteiger partial charge < -0.3 is 20.2 Å². The Bertz CT molecular complexity index is 1010. The standard InChI is InChI=1S/C17H14N2O4/c20-15-11-3-1-2-8-9-6-7-18-12(9)5-4-10(8)14(11)19-16(21)13(15)17(22)23/h4-7,18H,1-3H2,(H,22,23)(H2,19,20,21). The van der Waals surface area contributed by atoms with E-state index in [1.54, 1.807) is 0 Å². The summed E-state index contributed by atoms with van der Waals surface area (Å²) in [5, 5.41) is 20.5. The van der Waals surface area contributed by atoms with Crippen molar-refractivity contribution in [1.82, 2.24) is 9.97 Å². The second kappa shape index (κ2) is 4.74. The van der Waals surface area contributed by atoms with E-state index in [9.17, 15) is 14.7 Å². The average molecular weight is 310 g/mol. The van der Waals surface area contributed by atoms with Crippen LogP contribution in [0.15, 0.2) is 29.2 Å². The van der Waals surface area contributed by atoms with Gasteiger partial charge in [-0.25, -0.2) is 4.79 Å². The molecule has 6 heteroatoms. The molecule has 2 heterocycles. The molecule has 0 bridgehead atoms. The Balaban J connectivity index is 2.09. The Morgan fingerprint density at radius 2 is 1.91 bits per heavy atom. The molecule has 0 fully saturated rings. The van der Waals surface area contributed by atoms with Crippen LogP contribution in [0, 0.1) is 0 Å². The number of carbonyl (C=O) groups is 1. The van der Waals surface area contributed by atoms with Crippen molar-refractivity contribution >= 4 is 16.9 Å². The highest BCUT2D eigenvalue weighted by molar-refractivity contribution is 5.94. The minimum absolute atomic E-state index is 0.418. The minimum atomic E-state index is -1.42. The number of aromatic nitrogens is 2. The molecule has 0 unspecified atom stereocenters. The summed E-state index contributed by atoms with van der Waals surface area (Å²) < 4.78 is 0. The summed E-state index contributed by atoms with van der Waals surface area (Å²) in [5.41, 5.74) is 2.60. The molecular weight excluding hydrogens is 296 g/mol. The molecule has 23 heavy (non-hydrogen) atoms. The molecular formula is C17H14N2O4. The number of nitrogens with one attached hydrogen (secondary N) is 2. The topological polar surface area (TPSA) is 106 Å². The molecule has 1 aliphatic rings. The Hall–Kier alpha value is -3.02. The van der Waals surface area contributed by atoms with Crippen LogP contribution in [0.4, 0.5) is 0 Å². The van der Waals surface area contributed by atoms with Gasteiger partial charge in [0.15, 0.2) is 5.56 Å². The minimum Gasteiger partial charge on any atom is -0.506 e. The van der Waals surface area contributed by atoms with Gasteiger partial charge in [0.2, 0.25) is 0 Å². The molecule has 0 radical (unpaired) electrons. The van der Waals surface area contributed by atoms with Crippen LogP contribution < -0.4 is 5.56 Å². The number of carboxylic acids is 1. The van der Waals surface area contributed by atoms with Crippen LogP contribution in [0.25, 0.3) is 22.2 Å². The molecule has 116 valence electrons. The molecule has 2 aromatic heterocycles. The highest BCUT2D eigenvalue weighted by Gasteiger charge is 2.25. The number of pyridine rings is 1. The van der Waals surface area contributed by atoms with Gasteiger partial charge in [0.05, 0.1) is 5.69 Å². The summed E-state index contributed by atoms with van der Waals surface area (Å²) >= 11 is 0. The Kier molecular flexibility index (Phi) is 2.81. The van der Waals surface area contributed by atoms with Crippen LogP contribution in [-0.4, -0.2) is 26.2 Å². The second-order valence-electron chi connectivity index (χ2n) is 5.72. The SMILES string of the molecule is O=C(O)c1c(O)c2c([nH]c1=O)-c1ccc3[nH]ccc3c1CCC2. The van der Waals surface area contributed by atoms with Crippen molar-refractivity contribution in [2.75, 3.05) is 0 Å². The number of aromatic hydroxyl groups is 1. The maximum Gasteiger partial charge on any atom is 0.345 e. The van der Waals surface area contributed by atoms with Crippen molar-refractivity contribution in [2.24, 2.45) is 0 Å². The Morgan fingerprint density at radius 3 is 2.70 bits per heavy atom. The van der Waals surface area contributed by atoms with Gasteiger partial charge in [0, 0.05) is 28.2 Å². The lowest BCUT2D eigenvalue weighted by Crippen LogP contribution is -2.20. The lowest BCUT2D eigenvalue weighted by molar-refractivity contribution is 0.0691. The van der Waals surface area contributed by atoms with Gasteiger partial charge in [-0.15, -0.1) is 0 Å². The second-order valence-corrected chi connectivity index (χ2v) is 5.72. The predicted molar refractivity (Wildman–Crippen MR) is 85.0 cm³/mol. The van der Waals surface area contributed by atoms with E-state index in [-0.39, 0.29) is 0 Å². The van der Waals surface area contributed by atoms with Gasteiger partial charge in [0.25, 0.3) is 5.56 Å². The van der Waals surface area contributed by atoms with E-state index in [4.69, 9.17) is 5.11 Å². The Morgan fingerprint density at radius 1 is 1.13 bits per heavy atom. The highest BCUT2D eigenvalue weighted by atomic mass is 16.4. The number of hydrogen-bond donors (Lipinski definition) is 4. The fourth-order valence-electron chi connectivity index (χ4n) is 3.44. The predicted octanol–water partition coefficient (Wildman–Crippen LogP) is 2.42. The molecule has 3 aromatic rings. The maximum absolute atomic E-state index is 12.1. The quantitative estimate of drug-likeness (QED) is 0.553. The smallest absolute Gasteiger partial charge is 0.345 e. The molecule has 0 saturated carbocycles. The zero-order valence-corrected chi connectivity index (χ0v) is 12.1. The van der Waals surface area contributed by atoms with E-state index >= 15 is 0 Å². The number of rotatable bonds is 1. The third-order valence-corrected chi connectivity index (χ3v) is 4.47. The number of fused-ring (bicyclic) bond motifs is 5. The fraction of sp³-hybridized carbons (Fsp3) is 0.176. The largest absolute Gasteiger partial charge is 0.506 e. The first-order valence-electron chi connectivity index (χ1n) is 7.38. The molecule has 1 aromatic carbocycles. The fourth-order valence-corrected chi connectivity index (χ4v) is 3.44. The van der Waals surface area contributed by atoms with Crippen LogP contribution >= 0.6 is 0 Å². The molecule has 0 atom stereocenters. The van der Waals surface area contributed by atoms with E-state index < -0.39 is 22.8 Å². The number of aryl methyl sites for hydroxylation is 1. The molecule has 6 nitrogen and oxygen atoms in total. The van der Waals surface area contributed by atoms with E-state index in [0.717, 1.165) is 34.9 Å². The average Bonchev–Trinajstić information content (AvgIpc) is 2.90. The first-order valence-corrected chi connectivity index (χ1v) is 7.38. The van der Waals surface area contributed by atoms with Gasteiger partial charge >= 0.3 is 5.97 Å². The zero-order chi connectivity index (χ0) is 16.1. The highest BCUT2D eigenvalue weighted by Crippen LogP contribution is 2.38. The van der Waals surface area contributed by atoms with Gasteiger partial charge in [-0.1, -0.05) is 6.07 Å². The van der Waals surface area contributed by atoms with Crippen molar-refractivity contribution in [3.8, 4) is 17.0 Å². The third-order valence-electron chi connectivity index (χ3n) is 4.47. The number of aromatic carboxylic acids is 1. The monoisotopic (exact) mass is 310 g/mol. The summed E-state index contributed by atoms with van der Waals surface area (Å²) in [6, 6.07) is 5.81.